The molecule has 1 rings (SSSR count). The minimum absolute atomic E-state index is 0.633. The van der Waals surface area contributed by atoms with E-state index in [-0.39, 0.29) is 0 Å². The van der Waals surface area contributed by atoms with Crippen molar-refractivity contribution in [3.63, 3.8) is 0 Å². The second-order valence-electron chi connectivity index (χ2n) is 3.28. The van der Waals surface area contributed by atoms with E-state index in [4.69, 9.17) is 14.2 Å². The Balaban J connectivity index is 2.67. The minimum atomic E-state index is 0.633. The molecule has 0 saturated carbocycles. The first kappa shape index (κ1) is 13.3. The van der Waals surface area contributed by atoms with Crippen molar-refractivity contribution in [3.05, 3.63) is 23.8 Å². The lowest BCUT2D eigenvalue weighted by atomic mass is 10.2. The van der Waals surface area contributed by atoms with Crippen LogP contribution in [-0.4, -0.2) is 27.4 Å². The van der Waals surface area contributed by atoms with Crippen LogP contribution in [0.4, 0.5) is 0 Å². The SMILES string of the molecule is COCCCOc1c(CBr)cccc1OC. The van der Waals surface area contributed by atoms with Crippen LogP contribution in [0, 0.1) is 0 Å². The summed E-state index contributed by atoms with van der Waals surface area (Å²) in [6, 6.07) is 5.87. The summed E-state index contributed by atoms with van der Waals surface area (Å²) in [5, 5.41) is 0.754. The van der Waals surface area contributed by atoms with Gasteiger partial charge in [0.15, 0.2) is 11.5 Å². The summed E-state index contributed by atoms with van der Waals surface area (Å²) >= 11 is 3.43. The summed E-state index contributed by atoms with van der Waals surface area (Å²) in [6.45, 7) is 1.34. The molecule has 0 saturated heterocycles. The summed E-state index contributed by atoms with van der Waals surface area (Å²) in [4.78, 5) is 0. The Morgan fingerprint density at radius 3 is 2.62 bits per heavy atom. The molecule has 0 atom stereocenters. The normalized spacial score (nSPS) is 10.2. The van der Waals surface area contributed by atoms with Crippen LogP contribution in [0.2, 0.25) is 0 Å². The van der Waals surface area contributed by atoms with E-state index in [0.29, 0.717) is 13.2 Å². The van der Waals surface area contributed by atoms with Crippen molar-refractivity contribution in [2.45, 2.75) is 11.8 Å². The summed E-state index contributed by atoms with van der Waals surface area (Å²) in [5.74, 6) is 1.59. The fourth-order valence-electron chi connectivity index (χ4n) is 1.37. The Hall–Kier alpha value is -0.740. The Labute approximate surface area is 105 Å². The van der Waals surface area contributed by atoms with Gasteiger partial charge in [0.05, 0.1) is 13.7 Å². The van der Waals surface area contributed by atoms with Gasteiger partial charge >= 0.3 is 0 Å². The van der Waals surface area contributed by atoms with E-state index in [2.05, 4.69) is 15.9 Å². The highest BCUT2D eigenvalue weighted by atomic mass is 79.9. The number of rotatable bonds is 7. The third-order valence-electron chi connectivity index (χ3n) is 2.16. The van der Waals surface area contributed by atoms with Gasteiger partial charge in [0.2, 0.25) is 0 Å². The van der Waals surface area contributed by atoms with Crippen molar-refractivity contribution in [1.82, 2.24) is 0 Å². The molecule has 0 bridgehead atoms. The maximum absolute atomic E-state index is 5.72. The fourth-order valence-corrected chi connectivity index (χ4v) is 1.81. The summed E-state index contributed by atoms with van der Waals surface area (Å²) in [7, 11) is 3.34. The van der Waals surface area contributed by atoms with Crippen LogP contribution >= 0.6 is 15.9 Å². The number of benzene rings is 1. The molecule has 0 amide bonds. The van der Waals surface area contributed by atoms with Gasteiger partial charge in [-0.1, -0.05) is 28.1 Å². The molecule has 0 aliphatic heterocycles. The van der Waals surface area contributed by atoms with Crippen LogP contribution in [-0.2, 0) is 10.1 Å². The number of hydrogen-bond acceptors (Lipinski definition) is 3. The molecule has 1 aromatic carbocycles. The van der Waals surface area contributed by atoms with Crippen LogP contribution in [0.15, 0.2) is 18.2 Å². The van der Waals surface area contributed by atoms with Crippen molar-refractivity contribution < 1.29 is 14.2 Å². The second kappa shape index (κ2) is 7.52. The number of ether oxygens (including phenoxy) is 3. The first-order valence-electron chi connectivity index (χ1n) is 5.17. The van der Waals surface area contributed by atoms with Crippen molar-refractivity contribution in [2.75, 3.05) is 27.4 Å². The maximum atomic E-state index is 5.72. The van der Waals surface area contributed by atoms with E-state index >= 15 is 0 Å². The predicted octanol–water partition coefficient (Wildman–Crippen LogP) is 3.01. The highest BCUT2D eigenvalue weighted by molar-refractivity contribution is 9.08. The molecule has 1 aromatic rings. The van der Waals surface area contributed by atoms with Crippen molar-refractivity contribution in [1.29, 1.82) is 0 Å². The maximum Gasteiger partial charge on any atom is 0.165 e. The van der Waals surface area contributed by atoms with Gasteiger partial charge in [0.1, 0.15) is 0 Å². The van der Waals surface area contributed by atoms with Gasteiger partial charge in [-0.3, -0.25) is 0 Å². The zero-order valence-electron chi connectivity index (χ0n) is 9.66. The molecule has 0 aromatic heterocycles. The summed E-state index contributed by atoms with van der Waals surface area (Å²) < 4.78 is 16.0. The molecule has 0 N–H and O–H groups in total. The standard InChI is InChI=1S/C12H17BrO3/c1-14-7-4-8-16-12-10(9-13)5-3-6-11(12)15-2/h3,5-6H,4,7-9H2,1-2H3. The molecule has 3 nitrogen and oxygen atoms in total. The molecule has 0 radical (unpaired) electrons. The Morgan fingerprint density at radius 1 is 1.19 bits per heavy atom. The van der Waals surface area contributed by atoms with Gasteiger partial charge in [-0.2, -0.15) is 0 Å². The van der Waals surface area contributed by atoms with Crippen molar-refractivity contribution >= 4 is 15.9 Å². The van der Waals surface area contributed by atoms with Crippen molar-refractivity contribution in [3.8, 4) is 11.5 Å². The molecule has 0 aliphatic carbocycles. The number of hydrogen-bond donors (Lipinski definition) is 0. The zero-order valence-corrected chi connectivity index (χ0v) is 11.2. The second-order valence-corrected chi connectivity index (χ2v) is 3.84. The largest absolute Gasteiger partial charge is 0.493 e. The highest BCUT2D eigenvalue weighted by Crippen LogP contribution is 2.32. The number of para-hydroxylation sites is 1. The van der Waals surface area contributed by atoms with Crippen LogP contribution in [0.5, 0.6) is 11.5 Å². The molecule has 0 spiro atoms. The first-order valence-corrected chi connectivity index (χ1v) is 6.29. The van der Waals surface area contributed by atoms with Gasteiger partial charge in [-0.05, 0) is 6.07 Å². The molecule has 0 aliphatic rings. The van der Waals surface area contributed by atoms with Gasteiger partial charge in [0.25, 0.3) is 0 Å². The summed E-state index contributed by atoms with van der Waals surface area (Å²) in [6.07, 6.45) is 0.871. The monoisotopic (exact) mass is 288 g/mol. The number of methoxy groups -OCH3 is 2. The third kappa shape index (κ3) is 3.68. The number of halogens is 1. The van der Waals surface area contributed by atoms with E-state index in [1.54, 1.807) is 14.2 Å². The molecule has 90 valence electrons. The fraction of sp³-hybridized carbons (Fsp3) is 0.500. The van der Waals surface area contributed by atoms with E-state index in [1.807, 2.05) is 18.2 Å². The molecule has 16 heavy (non-hydrogen) atoms. The smallest absolute Gasteiger partial charge is 0.165 e. The Kier molecular flexibility index (Phi) is 6.26. The van der Waals surface area contributed by atoms with Crippen LogP contribution in [0.1, 0.15) is 12.0 Å². The average Bonchev–Trinajstić information content (AvgIpc) is 2.34. The van der Waals surface area contributed by atoms with Crippen LogP contribution < -0.4 is 9.47 Å². The third-order valence-corrected chi connectivity index (χ3v) is 2.77. The summed E-state index contributed by atoms with van der Waals surface area (Å²) in [5.41, 5.74) is 1.09. The lowest BCUT2D eigenvalue weighted by Gasteiger charge is -2.13. The van der Waals surface area contributed by atoms with Gasteiger partial charge in [0, 0.05) is 31.0 Å². The highest BCUT2D eigenvalue weighted by Gasteiger charge is 2.09. The Morgan fingerprint density at radius 2 is 2.00 bits per heavy atom. The van der Waals surface area contributed by atoms with Gasteiger partial charge in [-0.15, -0.1) is 0 Å². The van der Waals surface area contributed by atoms with Crippen LogP contribution in [0.3, 0.4) is 0 Å². The van der Waals surface area contributed by atoms with Gasteiger partial charge in [-0.25, -0.2) is 0 Å². The van der Waals surface area contributed by atoms with E-state index in [9.17, 15) is 0 Å². The molecular formula is C12H17BrO3. The van der Waals surface area contributed by atoms with Crippen molar-refractivity contribution in [2.24, 2.45) is 0 Å². The molecular weight excluding hydrogens is 272 g/mol. The van der Waals surface area contributed by atoms with E-state index in [0.717, 1.165) is 28.8 Å². The minimum Gasteiger partial charge on any atom is -0.493 e. The average molecular weight is 289 g/mol. The lowest BCUT2D eigenvalue weighted by molar-refractivity contribution is 0.170. The predicted molar refractivity (Wildman–Crippen MR) is 67.6 cm³/mol. The van der Waals surface area contributed by atoms with Gasteiger partial charge < -0.3 is 14.2 Å². The quantitative estimate of drug-likeness (QED) is 0.570. The Bertz CT molecular complexity index is 293. The topological polar surface area (TPSA) is 27.7 Å². The molecule has 4 heteroatoms. The van der Waals surface area contributed by atoms with Crippen LogP contribution in [0.25, 0.3) is 0 Å². The number of alkyl halides is 1. The molecule has 0 fully saturated rings. The lowest BCUT2D eigenvalue weighted by Crippen LogP contribution is -2.04. The zero-order chi connectivity index (χ0) is 11.8. The molecule has 0 unspecified atom stereocenters. The molecule has 0 heterocycles. The van der Waals surface area contributed by atoms with E-state index < -0.39 is 0 Å². The first-order chi connectivity index (χ1) is 7.83. The van der Waals surface area contributed by atoms with E-state index in [1.165, 1.54) is 0 Å².